The number of hydrogen-bond donors (Lipinski definition) is 1. The van der Waals surface area contributed by atoms with Crippen LogP contribution in [0.3, 0.4) is 0 Å². The van der Waals surface area contributed by atoms with Crippen LogP contribution in [0.4, 0.5) is 5.69 Å². The van der Waals surface area contributed by atoms with E-state index in [9.17, 15) is 5.02 Å². The fourth-order valence-corrected chi connectivity index (χ4v) is 4.00. The molecule has 0 saturated heterocycles. The van der Waals surface area contributed by atoms with E-state index in [1.54, 1.807) is 4.92 Å². The van der Waals surface area contributed by atoms with Gasteiger partial charge in [0.2, 0.25) is 0 Å². The van der Waals surface area contributed by atoms with Crippen molar-refractivity contribution in [2.45, 2.75) is 36.3 Å². The molecule has 1 fully saturated rings. The summed E-state index contributed by atoms with van der Waals surface area (Å²) in [4.78, 5) is 3.00. The zero-order chi connectivity index (χ0) is 15.8. The number of hydrogen-bond acceptors (Lipinski definition) is 4. The Bertz CT molecular complexity index is 760. The molecule has 0 spiro atoms. The molecule has 0 bridgehead atoms. The van der Waals surface area contributed by atoms with Crippen LogP contribution in [0.1, 0.15) is 31.7 Å². The van der Waals surface area contributed by atoms with Crippen molar-refractivity contribution >= 4 is 35.7 Å². The maximum absolute atomic E-state index is 10.8. The van der Waals surface area contributed by atoms with Crippen molar-refractivity contribution in [3.8, 4) is 0 Å². The van der Waals surface area contributed by atoms with Crippen molar-refractivity contribution < 1.29 is 5.02 Å². The fourth-order valence-electron chi connectivity index (χ4n) is 2.89. The molecule has 0 unspecified atom stereocenters. The van der Waals surface area contributed by atoms with E-state index in [0.29, 0.717) is 0 Å². The summed E-state index contributed by atoms with van der Waals surface area (Å²) in [6.45, 7) is 2.10. The summed E-state index contributed by atoms with van der Waals surface area (Å²) in [6, 6.07) is 16.3. The van der Waals surface area contributed by atoms with E-state index in [1.165, 1.54) is 17.7 Å². The smallest absolute Gasteiger partial charge is 0.427 e. The second-order valence-electron chi connectivity index (χ2n) is 6.02. The Balaban J connectivity index is 1.71. The number of benzene rings is 2. The molecule has 1 aliphatic heterocycles. The summed E-state index contributed by atoms with van der Waals surface area (Å²) in [6.07, 6.45) is 3.47. The van der Waals surface area contributed by atoms with Gasteiger partial charge in [-0.2, -0.15) is 5.10 Å². The van der Waals surface area contributed by atoms with E-state index < -0.39 is 7.05 Å². The predicted octanol–water partition coefficient (Wildman–Crippen LogP) is 3.26. The van der Waals surface area contributed by atoms with Gasteiger partial charge in [0.25, 0.3) is 0 Å². The lowest BCUT2D eigenvalue weighted by Gasteiger charge is -2.29. The van der Waals surface area contributed by atoms with Gasteiger partial charge < -0.3 is 5.02 Å². The van der Waals surface area contributed by atoms with Gasteiger partial charge in [-0.3, -0.25) is 4.92 Å². The molecule has 0 aromatic heterocycles. The minimum absolute atomic E-state index is 0.734. The first kappa shape index (κ1) is 14.9. The number of rotatable bonds is 4. The molecule has 1 N–H and O–H groups in total. The summed E-state index contributed by atoms with van der Waals surface area (Å²) < 4.78 is 0. The van der Waals surface area contributed by atoms with Crippen LogP contribution in [-0.2, 0) is 0 Å². The molecule has 3 nitrogen and oxygen atoms in total. The first-order valence-corrected chi connectivity index (χ1v) is 9.05. The molecule has 2 aliphatic rings. The van der Waals surface area contributed by atoms with Crippen LogP contribution in [-0.4, -0.2) is 23.0 Å². The Kier molecular flexibility index (Phi) is 3.91. The van der Waals surface area contributed by atoms with E-state index in [4.69, 9.17) is 5.10 Å². The summed E-state index contributed by atoms with van der Waals surface area (Å²) >= 11 is 1.92. The number of anilines is 1. The van der Waals surface area contributed by atoms with Crippen LogP contribution in [0.15, 0.2) is 58.5 Å². The molecule has 23 heavy (non-hydrogen) atoms. The zero-order valence-corrected chi connectivity index (χ0v) is 14.0. The molecule has 1 aliphatic carbocycles. The number of nitrogens with zero attached hydrogens (tertiary/aromatic N) is 2. The SMILES string of the molecule is CCC1=NN(c2cccc(SC3CC3)c2)B(O)c2ccccc21. The van der Waals surface area contributed by atoms with E-state index >= 15 is 0 Å². The highest BCUT2D eigenvalue weighted by Gasteiger charge is 2.33. The molecule has 116 valence electrons. The van der Waals surface area contributed by atoms with Crippen molar-refractivity contribution in [3.63, 3.8) is 0 Å². The number of fused-ring (bicyclic) bond motifs is 1. The van der Waals surface area contributed by atoms with Gasteiger partial charge in [0.15, 0.2) is 0 Å². The standard InChI is InChI=1S/C18H19BN2OS/c1-2-18-16-8-3-4-9-17(16)19(22)21(20-18)13-6-5-7-15(12-13)23-14-10-11-14/h3-9,12,14,22H,2,10-11H2,1H3. The predicted molar refractivity (Wildman–Crippen MR) is 98.7 cm³/mol. The lowest BCUT2D eigenvalue weighted by atomic mass is 9.68. The van der Waals surface area contributed by atoms with Crippen LogP contribution in [0.5, 0.6) is 0 Å². The van der Waals surface area contributed by atoms with Crippen molar-refractivity contribution in [2.75, 3.05) is 4.92 Å². The minimum atomic E-state index is -0.734. The van der Waals surface area contributed by atoms with E-state index in [-0.39, 0.29) is 0 Å². The largest absolute Gasteiger partial charge is 0.471 e. The normalized spacial score (nSPS) is 17.0. The van der Waals surface area contributed by atoms with E-state index in [1.807, 2.05) is 42.1 Å². The highest BCUT2D eigenvalue weighted by molar-refractivity contribution is 8.00. The first-order chi connectivity index (χ1) is 11.3. The Labute approximate surface area is 141 Å². The van der Waals surface area contributed by atoms with E-state index in [0.717, 1.165) is 34.1 Å². The van der Waals surface area contributed by atoms with Crippen LogP contribution in [0, 0.1) is 0 Å². The summed E-state index contributed by atoms with van der Waals surface area (Å²) in [5.74, 6) is 0. The van der Waals surface area contributed by atoms with Crippen molar-refractivity contribution in [1.82, 2.24) is 0 Å². The molecule has 5 heteroatoms. The van der Waals surface area contributed by atoms with Gasteiger partial charge in [0.05, 0.1) is 5.71 Å². The Morgan fingerprint density at radius 1 is 1.22 bits per heavy atom. The molecule has 0 atom stereocenters. The summed E-state index contributed by atoms with van der Waals surface area (Å²) in [7, 11) is -0.734. The second kappa shape index (κ2) is 6.06. The maximum atomic E-state index is 10.8. The third kappa shape index (κ3) is 2.91. The Hall–Kier alpha value is -1.72. The van der Waals surface area contributed by atoms with Gasteiger partial charge in [0, 0.05) is 15.8 Å². The number of hydrazone groups is 1. The van der Waals surface area contributed by atoms with Gasteiger partial charge in [-0.15, -0.1) is 11.8 Å². The quantitative estimate of drug-likeness (QED) is 0.878. The van der Waals surface area contributed by atoms with Gasteiger partial charge in [0.1, 0.15) is 0 Å². The Morgan fingerprint density at radius 2 is 2.04 bits per heavy atom. The lowest BCUT2D eigenvalue weighted by Crippen LogP contribution is -2.51. The van der Waals surface area contributed by atoms with Crippen LogP contribution in [0.25, 0.3) is 0 Å². The van der Waals surface area contributed by atoms with Gasteiger partial charge in [-0.05, 0) is 48.5 Å². The van der Waals surface area contributed by atoms with Crippen LogP contribution < -0.4 is 10.4 Å². The monoisotopic (exact) mass is 322 g/mol. The lowest BCUT2D eigenvalue weighted by molar-refractivity contribution is 0.577. The van der Waals surface area contributed by atoms with Gasteiger partial charge in [-0.1, -0.05) is 37.3 Å². The third-order valence-electron chi connectivity index (χ3n) is 4.25. The average Bonchev–Trinajstić information content (AvgIpc) is 3.40. The maximum Gasteiger partial charge on any atom is 0.471 e. The van der Waals surface area contributed by atoms with Crippen LogP contribution in [0.2, 0.25) is 0 Å². The summed E-state index contributed by atoms with van der Waals surface area (Å²) in [5, 5.41) is 16.3. The zero-order valence-electron chi connectivity index (χ0n) is 13.1. The topological polar surface area (TPSA) is 35.8 Å². The Morgan fingerprint density at radius 3 is 2.83 bits per heavy atom. The molecule has 0 amide bonds. The minimum Gasteiger partial charge on any atom is -0.427 e. The van der Waals surface area contributed by atoms with E-state index in [2.05, 4.69) is 25.1 Å². The molecular weight excluding hydrogens is 303 g/mol. The van der Waals surface area contributed by atoms with Gasteiger partial charge in [-0.25, -0.2) is 0 Å². The molecule has 1 heterocycles. The van der Waals surface area contributed by atoms with Crippen molar-refractivity contribution in [3.05, 3.63) is 54.1 Å². The number of thioether (sulfide) groups is 1. The molecule has 0 radical (unpaired) electrons. The molecule has 1 saturated carbocycles. The average molecular weight is 322 g/mol. The summed E-state index contributed by atoms with van der Waals surface area (Å²) in [5.41, 5.74) is 3.96. The molecule has 4 rings (SSSR count). The first-order valence-electron chi connectivity index (χ1n) is 8.17. The highest BCUT2D eigenvalue weighted by atomic mass is 32.2. The van der Waals surface area contributed by atoms with Crippen molar-refractivity contribution in [1.29, 1.82) is 0 Å². The third-order valence-corrected chi connectivity index (χ3v) is 5.58. The molecule has 2 aromatic carbocycles. The molecular formula is C18H19BN2OS. The fraction of sp³-hybridized carbons (Fsp3) is 0.278. The molecule has 2 aromatic rings. The van der Waals surface area contributed by atoms with Crippen molar-refractivity contribution in [2.24, 2.45) is 5.10 Å². The van der Waals surface area contributed by atoms with Gasteiger partial charge >= 0.3 is 7.05 Å². The second-order valence-corrected chi connectivity index (χ2v) is 7.39. The van der Waals surface area contributed by atoms with Crippen LogP contribution >= 0.6 is 11.8 Å². The highest BCUT2D eigenvalue weighted by Crippen LogP contribution is 2.40.